The Hall–Kier alpha value is -2.83. The summed E-state index contributed by atoms with van der Waals surface area (Å²) in [4.78, 5) is 14.6. The van der Waals surface area contributed by atoms with Gasteiger partial charge < -0.3 is 14.8 Å². The third-order valence-electron chi connectivity index (χ3n) is 5.49. The first-order valence-corrected chi connectivity index (χ1v) is 12.4. The van der Waals surface area contributed by atoms with Crippen molar-refractivity contribution >= 4 is 21.6 Å². The highest BCUT2D eigenvalue weighted by Gasteiger charge is 2.34. The number of rotatable bonds is 9. The summed E-state index contributed by atoms with van der Waals surface area (Å²) in [7, 11) is -3.18. The van der Waals surface area contributed by atoms with Gasteiger partial charge in [-0.2, -0.15) is 13.2 Å². The van der Waals surface area contributed by atoms with E-state index in [0.717, 1.165) is 12.1 Å². The first kappa shape index (κ1) is 26.8. The zero-order chi connectivity index (χ0) is 25.6. The number of anilines is 1. The third-order valence-corrected chi connectivity index (χ3v) is 7.28. The Morgan fingerprint density at radius 3 is 2.54 bits per heavy atom. The van der Waals surface area contributed by atoms with Gasteiger partial charge in [0.25, 0.3) is 10.0 Å². The van der Waals surface area contributed by atoms with E-state index in [1.54, 1.807) is 13.0 Å². The highest BCUT2D eigenvalue weighted by Crippen LogP contribution is 2.35. The number of nitrogens with one attached hydrogen (secondary N) is 1. The summed E-state index contributed by atoms with van der Waals surface area (Å²) in [6.07, 6.45) is -4.69. The third kappa shape index (κ3) is 6.86. The topological polar surface area (TPSA) is 88.2 Å². The van der Waals surface area contributed by atoms with Crippen LogP contribution in [0.1, 0.15) is 11.1 Å². The maximum absolute atomic E-state index is 13.6. The van der Waals surface area contributed by atoms with E-state index in [9.17, 15) is 26.4 Å². The fraction of sp³-hybridized carbons (Fsp3) is 0.435. The van der Waals surface area contributed by atoms with E-state index in [0.29, 0.717) is 48.8 Å². The standard InChI is InChI=1S/C23H28F3N3O5S/c1-17-6-7-20(33-2)21(14-17)35(31,32)29(19-5-3-4-18(15-19)23(24,25)26)16-22(30)27-8-9-28-10-12-34-13-11-28/h3-7,14-15H,8-13,16H2,1-2H3,(H,27,30). The lowest BCUT2D eigenvalue weighted by Gasteiger charge is -2.27. The highest BCUT2D eigenvalue weighted by molar-refractivity contribution is 7.93. The van der Waals surface area contributed by atoms with Crippen molar-refractivity contribution < 1.29 is 35.9 Å². The maximum atomic E-state index is 13.6. The lowest BCUT2D eigenvalue weighted by atomic mass is 10.2. The quantitative estimate of drug-likeness (QED) is 0.553. The first-order chi connectivity index (χ1) is 16.5. The number of sulfonamides is 1. The minimum absolute atomic E-state index is 0.0142. The molecule has 0 bridgehead atoms. The number of halogens is 3. The van der Waals surface area contributed by atoms with Crippen molar-refractivity contribution in [3.63, 3.8) is 0 Å². The van der Waals surface area contributed by atoms with Gasteiger partial charge in [0.05, 0.1) is 31.6 Å². The lowest BCUT2D eigenvalue weighted by Crippen LogP contribution is -2.45. The molecule has 2 aromatic rings. The van der Waals surface area contributed by atoms with E-state index < -0.39 is 34.2 Å². The molecular weight excluding hydrogens is 487 g/mol. The average molecular weight is 516 g/mol. The molecule has 35 heavy (non-hydrogen) atoms. The molecule has 3 rings (SSSR count). The molecule has 8 nitrogen and oxygen atoms in total. The molecule has 0 saturated carbocycles. The van der Waals surface area contributed by atoms with Crippen LogP contribution in [0.15, 0.2) is 47.4 Å². The molecule has 1 heterocycles. The number of carbonyl (C=O) groups is 1. The van der Waals surface area contributed by atoms with Gasteiger partial charge in [-0.1, -0.05) is 12.1 Å². The molecule has 1 N–H and O–H groups in total. The van der Waals surface area contributed by atoms with Crippen molar-refractivity contribution in [2.75, 3.05) is 57.4 Å². The van der Waals surface area contributed by atoms with Crippen LogP contribution < -0.4 is 14.4 Å². The fourth-order valence-corrected chi connectivity index (χ4v) is 5.28. The Morgan fingerprint density at radius 2 is 1.89 bits per heavy atom. The molecule has 1 saturated heterocycles. The summed E-state index contributed by atoms with van der Waals surface area (Å²) in [6, 6.07) is 8.32. The van der Waals surface area contributed by atoms with Crippen molar-refractivity contribution in [2.24, 2.45) is 0 Å². The van der Waals surface area contributed by atoms with Crippen LogP contribution in [-0.4, -0.2) is 72.3 Å². The van der Waals surface area contributed by atoms with Crippen LogP contribution in [0.3, 0.4) is 0 Å². The van der Waals surface area contributed by atoms with E-state index in [-0.39, 0.29) is 22.9 Å². The minimum Gasteiger partial charge on any atom is -0.495 e. The number of ether oxygens (including phenoxy) is 2. The van der Waals surface area contributed by atoms with Crippen molar-refractivity contribution in [3.05, 3.63) is 53.6 Å². The average Bonchev–Trinajstić information content (AvgIpc) is 2.82. The molecular formula is C23H28F3N3O5S. The van der Waals surface area contributed by atoms with Crippen LogP contribution in [-0.2, 0) is 25.7 Å². The number of hydrogen-bond acceptors (Lipinski definition) is 6. The highest BCUT2D eigenvalue weighted by atomic mass is 32.2. The largest absolute Gasteiger partial charge is 0.495 e. The number of hydrogen-bond donors (Lipinski definition) is 1. The number of aryl methyl sites for hydroxylation is 1. The van der Waals surface area contributed by atoms with Crippen LogP contribution in [0.2, 0.25) is 0 Å². The summed E-state index contributed by atoms with van der Waals surface area (Å²) in [6.45, 7) is 4.37. The summed E-state index contributed by atoms with van der Waals surface area (Å²) >= 11 is 0. The molecule has 1 amide bonds. The van der Waals surface area contributed by atoms with Gasteiger partial charge in [0, 0.05) is 26.2 Å². The van der Waals surface area contributed by atoms with Gasteiger partial charge in [-0.3, -0.25) is 14.0 Å². The number of alkyl halides is 3. The molecule has 192 valence electrons. The van der Waals surface area contributed by atoms with Crippen LogP contribution in [0.5, 0.6) is 5.75 Å². The Labute approximate surface area is 202 Å². The van der Waals surface area contributed by atoms with Crippen molar-refractivity contribution in [3.8, 4) is 5.75 Å². The van der Waals surface area contributed by atoms with E-state index in [2.05, 4.69) is 10.2 Å². The SMILES string of the molecule is COc1ccc(C)cc1S(=O)(=O)N(CC(=O)NCCN1CCOCC1)c1cccc(C(F)(F)F)c1. The molecule has 0 unspecified atom stereocenters. The van der Waals surface area contributed by atoms with Gasteiger partial charge >= 0.3 is 6.18 Å². The number of carbonyl (C=O) groups excluding carboxylic acids is 1. The van der Waals surface area contributed by atoms with Crippen LogP contribution in [0.4, 0.5) is 18.9 Å². The molecule has 0 aliphatic carbocycles. The number of morpholine rings is 1. The first-order valence-electron chi connectivity index (χ1n) is 10.9. The van der Waals surface area contributed by atoms with Gasteiger partial charge in [-0.05, 0) is 42.8 Å². The zero-order valence-electron chi connectivity index (χ0n) is 19.5. The van der Waals surface area contributed by atoms with E-state index in [1.807, 2.05) is 0 Å². The van der Waals surface area contributed by atoms with Crippen LogP contribution in [0.25, 0.3) is 0 Å². The number of nitrogens with zero attached hydrogens (tertiary/aromatic N) is 2. The van der Waals surface area contributed by atoms with E-state index >= 15 is 0 Å². The lowest BCUT2D eigenvalue weighted by molar-refractivity contribution is -0.137. The number of amides is 1. The fourth-order valence-electron chi connectivity index (χ4n) is 3.62. The predicted octanol–water partition coefficient (Wildman–Crippen LogP) is 2.67. The molecule has 0 radical (unpaired) electrons. The van der Waals surface area contributed by atoms with Gasteiger partial charge in [0.15, 0.2) is 0 Å². The van der Waals surface area contributed by atoms with Gasteiger partial charge in [-0.15, -0.1) is 0 Å². The second kappa shape index (κ2) is 11.3. The smallest absolute Gasteiger partial charge is 0.416 e. The molecule has 0 aromatic heterocycles. The molecule has 0 spiro atoms. The van der Waals surface area contributed by atoms with Crippen LogP contribution in [0, 0.1) is 6.92 Å². The second-order valence-electron chi connectivity index (χ2n) is 8.02. The van der Waals surface area contributed by atoms with Gasteiger partial charge in [0.1, 0.15) is 17.2 Å². The van der Waals surface area contributed by atoms with Crippen molar-refractivity contribution in [2.45, 2.75) is 18.0 Å². The number of methoxy groups -OCH3 is 1. The molecule has 12 heteroatoms. The molecule has 2 aromatic carbocycles. The Kier molecular flexibility index (Phi) is 8.62. The van der Waals surface area contributed by atoms with Gasteiger partial charge in [0.2, 0.25) is 5.91 Å². The summed E-state index contributed by atoms with van der Waals surface area (Å²) in [5.41, 5.74) is -0.714. The Balaban J connectivity index is 1.90. The van der Waals surface area contributed by atoms with Crippen molar-refractivity contribution in [1.29, 1.82) is 0 Å². The summed E-state index contributed by atoms with van der Waals surface area (Å²) < 4.78 is 78.5. The monoisotopic (exact) mass is 515 g/mol. The maximum Gasteiger partial charge on any atom is 0.416 e. The second-order valence-corrected chi connectivity index (χ2v) is 9.85. The van der Waals surface area contributed by atoms with E-state index in [4.69, 9.17) is 9.47 Å². The summed E-state index contributed by atoms with van der Waals surface area (Å²) in [5.74, 6) is -0.633. The predicted molar refractivity (Wildman–Crippen MR) is 124 cm³/mol. The molecule has 0 atom stereocenters. The molecule has 1 aliphatic rings. The van der Waals surface area contributed by atoms with Gasteiger partial charge in [-0.25, -0.2) is 8.42 Å². The normalized spacial score (nSPS) is 15.0. The molecule has 1 aliphatic heterocycles. The van der Waals surface area contributed by atoms with E-state index in [1.165, 1.54) is 25.3 Å². The summed E-state index contributed by atoms with van der Waals surface area (Å²) in [5, 5.41) is 2.66. The Morgan fingerprint density at radius 1 is 1.17 bits per heavy atom. The number of benzene rings is 2. The van der Waals surface area contributed by atoms with Crippen LogP contribution >= 0.6 is 0 Å². The zero-order valence-corrected chi connectivity index (χ0v) is 20.3. The minimum atomic E-state index is -4.69. The van der Waals surface area contributed by atoms with Crippen molar-refractivity contribution in [1.82, 2.24) is 10.2 Å². The molecule has 1 fully saturated rings. The Bertz CT molecular complexity index is 1140.